The summed E-state index contributed by atoms with van der Waals surface area (Å²) in [4.78, 5) is 52.0. The zero-order valence-corrected chi connectivity index (χ0v) is 27.1. The highest BCUT2D eigenvalue weighted by Gasteiger charge is 2.36. The average Bonchev–Trinajstić information content (AvgIpc) is 3.01. The first kappa shape index (κ1) is 32.7. The number of amides is 2. The molecule has 5 rings (SSSR count). The van der Waals surface area contributed by atoms with Gasteiger partial charge in [-0.15, -0.1) is 0 Å². The van der Waals surface area contributed by atoms with E-state index in [-0.39, 0.29) is 39.4 Å². The van der Waals surface area contributed by atoms with Crippen molar-refractivity contribution in [2.24, 2.45) is 0 Å². The fraction of sp³-hybridized carbons (Fsp3) is 0.433. The SMILES string of the molecule is CCCCOC(=O)N1CCN(c2ccc(-n3c(=S)[nH]c4c(c3=O)C[C@@H](C)N(C(=O)c3ccc(Br)c(C(F)(F)F)c3)C4)cn2)CC1. The van der Waals surface area contributed by atoms with Crippen molar-refractivity contribution in [3.8, 4) is 5.69 Å². The zero-order valence-electron chi connectivity index (χ0n) is 24.7. The topological polar surface area (TPSA) is 104 Å². The van der Waals surface area contributed by atoms with Crippen molar-refractivity contribution < 1.29 is 27.5 Å². The number of unbranched alkanes of at least 4 members (excludes halogenated alkanes) is 1. The van der Waals surface area contributed by atoms with Crippen molar-refractivity contribution in [2.75, 3.05) is 37.7 Å². The van der Waals surface area contributed by atoms with Gasteiger partial charge in [0.1, 0.15) is 5.82 Å². The lowest BCUT2D eigenvalue weighted by Crippen LogP contribution is -2.49. The maximum atomic E-state index is 13.7. The molecule has 240 valence electrons. The van der Waals surface area contributed by atoms with Crippen molar-refractivity contribution in [3.63, 3.8) is 0 Å². The van der Waals surface area contributed by atoms with Crippen LogP contribution in [0.5, 0.6) is 0 Å². The van der Waals surface area contributed by atoms with Crippen molar-refractivity contribution in [3.05, 3.63) is 78.5 Å². The highest BCUT2D eigenvalue weighted by Crippen LogP contribution is 2.36. The number of aromatic amines is 1. The molecule has 0 bridgehead atoms. The number of carbonyl (C=O) groups excluding carboxylic acids is 2. The Labute approximate surface area is 270 Å². The number of halogens is 4. The number of hydrogen-bond acceptors (Lipinski definition) is 7. The largest absolute Gasteiger partial charge is 0.449 e. The van der Waals surface area contributed by atoms with Crippen LogP contribution in [0.1, 0.15) is 53.9 Å². The number of nitrogens with one attached hydrogen (secondary N) is 1. The third kappa shape index (κ3) is 6.93. The van der Waals surface area contributed by atoms with Crippen LogP contribution in [0.4, 0.5) is 23.8 Å². The Hall–Kier alpha value is -3.72. The summed E-state index contributed by atoms with van der Waals surface area (Å²) in [5.74, 6) is 0.117. The van der Waals surface area contributed by atoms with E-state index in [4.69, 9.17) is 17.0 Å². The number of carbonyl (C=O) groups is 2. The van der Waals surface area contributed by atoms with E-state index in [1.165, 1.54) is 21.6 Å². The Kier molecular flexibility index (Phi) is 9.68. The van der Waals surface area contributed by atoms with Gasteiger partial charge in [-0.25, -0.2) is 9.78 Å². The summed E-state index contributed by atoms with van der Waals surface area (Å²) in [6.45, 7) is 6.36. The average molecular weight is 710 g/mol. The second-order valence-electron chi connectivity index (χ2n) is 11.0. The maximum Gasteiger partial charge on any atom is 0.417 e. The number of hydrogen-bond donors (Lipinski definition) is 1. The van der Waals surface area contributed by atoms with Crippen LogP contribution < -0.4 is 10.5 Å². The Bertz CT molecular complexity index is 1700. The van der Waals surface area contributed by atoms with Crippen LogP contribution in [0.15, 0.2) is 45.8 Å². The lowest BCUT2D eigenvalue weighted by Gasteiger charge is -2.35. The van der Waals surface area contributed by atoms with Gasteiger partial charge in [-0.1, -0.05) is 29.3 Å². The van der Waals surface area contributed by atoms with Crippen molar-refractivity contribution in [1.29, 1.82) is 0 Å². The van der Waals surface area contributed by atoms with Crippen LogP contribution in [-0.4, -0.2) is 75.2 Å². The first-order valence-corrected chi connectivity index (χ1v) is 15.8. The second-order valence-corrected chi connectivity index (χ2v) is 12.3. The molecule has 0 aliphatic carbocycles. The Morgan fingerprint density at radius 1 is 1.16 bits per heavy atom. The van der Waals surface area contributed by atoms with Gasteiger partial charge in [-0.3, -0.25) is 14.2 Å². The first-order valence-electron chi connectivity index (χ1n) is 14.6. The zero-order chi connectivity index (χ0) is 32.5. The molecule has 1 saturated heterocycles. The maximum absolute atomic E-state index is 13.7. The summed E-state index contributed by atoms with van der Waals surface area (Å²) in [6.07, 6.45) is -1.40. The van der Waals surface area contributed by atoms with Gasteiger partial charge in [0, 0.05) is 53.5 Å². The number of pyridine rings is 1. The number of anilines is 1. The van der Waals surface area contributed by atoms with Gasteiger partial charge in [0.2, 0.25) is 0 Å². The molecular formula is C30H32BrF3N6O4S. The summed E-state index contributed by atoms with van der Waals surface area (Å²) < 4.78 is 46.9. The molecule has 0 radical (unpaired) electrons. The van der Waals surface area contributed by atoms with Gasteiger partial charge < -0.3 is 24.4 Å². The molecule has 0 spiro atoms. The molecule has 1 atom stereocenters. The van der Waals surface area contributed by atoms with Gasteiger partial charge >= 0.3 is 12.3 Å². The smallest absolute Gasteiger partial charge is 0.417 e. The molecule has 3 aromatic rings. The number of H-pyrrole nitrogens is 1. The van der Waals surface area contributed by atoms with Crippen LogP contribution in [0.25, 0.3) is 5.69 Å². The van der Waals surface area contributed by atoms with E-state index in [1.807, 2.05) is 11.8 Å². The predicted molar refractivity (Wildman–Crippen MR) is 167 cm³/mol. The van der Waals surface area contributed by atoms with Crippen LogP contribution in [0.2, 0.25) is 0 Å². The first-order chi connectivity index (χ1) is 21.4. The molecule has 15 heteroatoms. The van der Waals surface area contributed by atoms with Crippen LogP contribution in [0, 0.1) is 4.77 Å². The fourth-order valence-electron chi connectivity index (χ4n) is 5.45. The molecule has 0 saturated carbocycles. The molecule has 2 aromatic heterocycles. The van der Waals surface area contributed by atoms with E-state index in [9.17, 15) is 27.6 Å². The van der Waals surface area contributed by atoms with E-state index >= 15 is 0 Å². The molecule has 1 fully saturated rings. The third-order valence-electron chi connectivity index (χ3n) is 8.00. The third-order valence-corrected chi connectivity index (χ3v) is 8.98. The van der Waals surface area contributed by atoms with Gasteiger partial charge in [-0.05, 0) is 62.3 Å². The number of ether oxygens (including phenoxy) is 1. The standard InChI is InChI=1S/C30H32BrF3N6O4S/c1-3-4-13-44-29(43)38-11-9-37(10-12-38)25-8-6-20(16-35-25)40-27(42)21-14-18(2)39(17-24(21)36-28(40)45)26(41)19-5-7-23(31)22(15-19)30(32,33)34/h5-8,15-16,18H,3-4,9-14,17H2,1-2H3,(H,36,45)/t18-/m1/s1. The molecule has 10 nitrogen and oxygen atoms in total. The van der Waals surface area contributed by atoms with E-state index in [1.54, 1.807) is 30.2 Å². The number of piperazine rings is 1. The monoisotopic (exact) mass is 708 g/mol. The number of fused-ring (bicyclic) bond motifs is 1. The molecule has 2 aliphatic heterocycles. The predicted octanol–water partition coefficient (Wildman–Crippen LogP) is 5.72. The Morgan fingerprint density at radius 2 is 1.89 bits per heavy atom. The second kappa shape index (κ2) is 13.3. The van der Waals surface area contributed by atoms with Crippen LogP contribution >= 0.6 is 28.1 Å². The minimum Gasteiger partial charge on any atom is -0.449 e. The number of benzene rings is 1. The van der Waals surface area contributed by atoms with Crippen LogP contribution in [0.3, 0.4) is 0 Å². The number of alkyl halides is 3. The Balaban J connectivity index is 1.31. The summed E-state index contributed by atoms with van der Waals surface area (Å²) in [6, 6.07) is 6.45. The lowest BCUT2D eigenvalue weighted by atomic mass is 9.98. The number of aromatic nitrogens is 3. The normalized spacial score (nSPS) is 16.8. The van der Waals surface area contributed by atoms with E-state index < -0.39 is 23.7 Å². The summed E-state index contributed by atoms with van der Waals surface area (Å²) in [7, 11) is 0. The highest BCUT2D eigenvalue weighted by molar-refractivity contribution is 9.10. The minimum atomic E-state index is -4.63. The van der Waals surface area contributed by atoms with E-state index in [0.29, 0.717) is 55.5 Å². The number of nitrogens with zero attached hydrogens (tertiary/aromatic N) is 5. The van der Waals surface area contributed by atoms with E-state index in [2.05, 4.69) is 25.9 Å². The van der Waals surface area contributed by atoms with Gasteiger partial charge in [0.15, 0.2) is 4.77 Å². The molecule has 45 heavy (non-hydrogen) atoms. The van der Waals surface area contributed by atoms with Crippen LogP contribution in [-0.2, 0) is 23.9 Å². The van der Waals surface area contributed by atoms with Crippen molar-refractivity contribution in [2.45, 2.75) is 51.9 Å². The summed E-state index contributed by atoms with van der Waals surface area (Å²) in [5, 5.41) is 0. The van der Waals surface area contributed by atoms with Gasteiger partial charge in [0.05, 0.1) is 30.6 Å². The molecule has 2 aliphatic rings. The molecule has 1 aromatic carbocycles. The van der Waals surface area contributed by atoms with Gasteiger partial charge in [-0.2, -0.15) is 13.2 Å². The minimum absolute atomic E-state index is 0.0121. The van der Waals surface area contributed by atoms with Crippen molar-refractivity contribution >= 4 is 46.0 Å². The molecule has 0 unspecified atom stereocenters. The van der Waals surface area contributed by atoms with E-state index in [0.717, 1.165) is 18.9 Å². The Morgan fingerprint density at radius 3 is 2.53 bits per heavy atom. The molecular weight excluding hydrogens is 677 g/mol. The van der Waals surface area contributed by atoms with Gasteiger partial charge in [0.25, 0.3) is 11.5 Å². The fourth-order valence-corrected chi connectivity index (χ4v) is 6.24. The quantitative estimate of drug-likeness (QED) is 0.258. The van der Waals surface area contributed by atoms with Crippen molar-refractivity contribution in [1.82, 2.24) is 24.3 Å². The molecule has 4 heterocycles. The summed E-state index contributed by atoms with van der Waals surface area (Å²) >= 11 is 8.43. The number of rotatable bonds is 6. The molecule has 2 amide bonds. The highest BCUT2D eigenvalue weighted by atomic mass is 79.9. The summed E-state index contributed by atoms with van der Waals surface area (Å²) in [5.41, 5.74) is -0.0427. The molecule has 1 N–H and O–H groups in total. The lowest BCUT2D eigenvalue weighted by molar-refractivity contribution is -0.138.